The summed E-state index contributed by atoms with van der Waals surface area (Å²) in [5, 5.41) is 20.0. The van der Waals surface area contributed by atoms with Gasteiger partial charge in [0.1, 0.15) is 24.7 Å². The van der Waals surface area contributed by atoms with E-state index in [4.69, 9.17) is 9.47 Å². The second kappa shape index (κ2) is 15.0. The number of phenols is 2. The molecule has 0 aromatic heterocycles. The Morgan fingerprint density at radius 1 is 0.676 bits per heavy atom. The Morgan fingerprint density at radius 3 is 1.47 bits per heavy atom. The Morgan fingerprint density at radius 2 is 1.09 bits per heavy atom. The number of carbonyl (C=O) groups excluding carboxylic acids is 2. The average molecular weight is 471 g/mol. The van der Waals surface area contributed by atoms with Crippen LogP contribution in [-0.2, 0) is 44.7 Å². The quantitative estimate of drug-likeness (QED) is 0.266. The standard InChI is InChI=1S/C28H38O6/c1-3-5-7-9-23-17-21(11-13-25(23)29)19-27(31)33-15-16-34-28(32)20-22-12-14-26(30)24(18-22)10-8-6-4-2/h11-14,17-18,29-30H,3-10,15-16,19-20H2,1-2H3. The van der Waals surface area contributed by atoms with Crippen LogP contribution in [-0.4, -0.2) is 35.4 Å². The predicted octanol–water partition coefficient (Wildman–Crippen LogP) is 5.43. The lowest BCUT2D eigenvalue weighted by Crippen LogP contribution is -2.16. The molecule has 2 aromatic rings. The van der Waals surface area contributed by atoms with Gasteiger partial charge in [0.2, 0.25) is 0 Å². The van der Waals surface area contributed by atoms with Gasteiger partial charge in [0.25, 0.3) is 0 Å². The third-order valence-corrected chi connectivity index (χ3v) is 5.69. The summed E-state index contributed by atoms with van der Waals surface area (Å²) in [6, 6.07) is 10.4. The van der Waals surface area contributed by atoms with Crippen LogP contribution in [0.1, 0.15) is 74.6 Å². The highest BCUT2D eigenvalue weighted by Gasteiger charge is 2.11. The topological polar surface area (TPSA) is 93.1 Å². The highest BCUT2D eigenvalue weighted by Crippen LogP contribution is 2.22. The van der Waals surface area contributed by atoms with Crippen molar-refractivity contribution in [2.75, 3.05) is 13.2 Å². The van der Waals surface area contributed by atoms with E-state index in [1.807, 2.05) is 12.1 Å². The van der Waals surface area contributed by atoms with Crippen LogP contribution in [0.4, 0.5) is 0 Å². The van der Waals surface area contributed by atoms with Gasteiger partial charge in [0.05, 0.1) is 12.8 Å². The number of unbranched alkanes of at least 4 members (excludes halogenated alkanes) is 4. The van der Waals surface area contributed by atoms with Crippen LogP contribution in [0.15, 0.2) is 36.4 Å². The predicted molar refractivity (Wildman–Crippen MR) is 132 cm³/mol. The van der Waals surface area contributed by atoms with Gasteiger partial charge in [-0.25, -0.2) is 0 Å². The maximum atomic E-state index is 12.1. The van der Waals surface area contributed by atoms with Gasteiger partial charge in [-0.15, -0.1) is 0 Å². The largest absolute Gasteiger partial charge is 0.508 e. The van der Waals surface area contributed by atoms with Gasteiger partial charge in [-0.3, -0.25) is 9.59 Å². The summed E-state index contributed by atoms with van der Waals surface area (Å²) in [5.74, 6) is -0.309. The SMILES string of the molecule is CCCCCc1cc(CC(=O)OCCOC(=O)Cc2ccc(O)c(CCCCC)c2)ccc1O. The first-order valence-corrected chi connectivity index (χ1v) is 12.4. The lowest BCUT2D eigenvalue weighted by molar-refractivity contribution is -0.151. The van der Waals surface area contributed by atoms with E-state index in [-0.39, 0.29) is 37.6 Å². The molecule has 0 saturated carbocycles. The molecule has 6 heteroatoms. The van der Waals surface area contributed by atoms with Gasteiger partial charge in [-0.2, -0.15) is 0 Å². The molecule has 2 N–H and O–H groups in total. The van der Waals surface area contributed by atoms with Crippen molar-refractivity contribution in [3.05, 3.63) is 58.7 Å². The molecule has 186 valence electrons. The first-order valence-electron chi connectivity index (χ1n) is 12.4. The first-order chi connectivity index (χ1) is 16.4. The molecule has 0 unspecified atom stereocenters. The number of aromatic hydroxyl groups is 2. The van der Waals surface area contributed by atoms with Gasteiger partial charge >= 0.3 is 11.9 Å². The van der Waals surface area contributed by atoms with E-state index in [1.54, 1.807) is 24.3 Å². The van der Waals surface area contributed by atoms with Gasteiger partial charge in [0, 0.05) is 0 Å². The second-order valence-corrected chi connectivity index (χ2v) is 8.63. The van der Waals surface area contributed by atoms with E-state index in [0.717, 1.165) is 73.6 Å². The fourth-order valence-corrected chi connectivity index (χ4v) is 3.78. The van der Waals surface area contributed by atoms with Gasteiger partial charge in [0.15, 0.2) is 0 Å². The number of ether oxygens (including phenoxy) is 2. The Hall–Kier alpha value is -3.02. The van der Waals surface area contributed by atoms with Crippen LogP contribution < -0.4 is 0 Å². The van der Waals surface area contributed by atoms with E-state index < -0.39 is 11.9 Å². The molecule has 0 bridgehead atoms. The van der Waals surface area contributed by atoms with E-state index in [2.05, 4.69) is 13.8 Å². The van der Waals surface area contributed by atoms with E-state index in [1.165, 1.54) is 0 Å². The molecule has 0 heterocycles. The van der Waals surface area contributed by atoms with Crippen LogP contribution in [0.3, 0.4) is 0 Å². The zero-order valence-corrected chi connectivity index (χ0v) is 20.5. The molecule has 0 amide bonds. The van der Waals surface area contributed by atoms with Crippen LogP contribution in [0, 0.1) is 0 Å². The molecule has 34 heavy (non-hydrogen) atoms. The summed E-state index contributed by atoms with van der Waals surface area (Å²) >= 11 is 0. The Balaban J connectivity index is 1.72. The van der Waals surface area contributed by atoms with Gasteiger partial charge in [-0.1, -0.05) is 63.8 Å². The first kappa shape index (κ1) is 27.2. The van der Waals surface area contributed by atoms with Gasteiger partial charge in [-0.05, 0) is 60.1 Å². The Labute approximate surface area is 202 Å². The van der Waals surface area contributed by atoms with Crippen LogP contribution in [0.5, 0.6) is 11.5 Å². The smallest absolute Gasteiger partial charge is 0.310 e. The van der Waals surface area contributed by atoms with E-state index in [0.29, 0.717) is 0 Å². The Kier molecular flexibility index (Phi) is 12.0. The molecule has 0 radical (unpaired) electrons. The maximum Gasteiger partial charge on any atom is 0.310 e. The normalized spacial score (nSPS) is 10.8. The number of rotatable bonds is 15. The zero-order chi connectivity index (χ0) is 24.8. The number of esters is 2. The van der Waals surface area contributed by atoms with Crippen LogP contribution in [0.2, 0.25) is 0 Å². The summed E-state index contributed by atoms with van der Waals surface area (Å²) in [6.45, 7) is 4.23. The summed E-state index contributed by atoms with van der Waals surface area (Å²) in [5.41, 5.74) is 3.26. The molecule has 0 atom stereocenters. The molecule has 6 nitrogen and oxygen atoms in total. The number of benzene rings is 2. The molecule has 2 aromatic carbocycles. The molecule has 0 saturated heterocycles. The molecule has 2 rings (SSSR count). The molecule has 0 spiro atoms. The lowest BCUT2D eigenvalue weighted by Gasteiger charge is -2.10. The van der Waals surface area contributed by atoms with Crippen molar-refractivity contribution >= 4 is 11.9 Å². The Bertz CT molecular complexity index is 846. The van der Waals surface area contributed by atoms with Gasteiger partial charge < -0.3 is 19.7 Å². The van der Waals surface area contributed by atoms with Crippen molar-refractivity contribution in [3.8, 4) is 11.5 Å². The third kappa shape index (κ3) is 9.86. The summed E-state index contributed by atoms with van der Waals surface area (Å²) in [6.07, 6.45) is 8.14. The van der Waals surface area contributed by atoms with Crippen molar-refractivity contribution in [3.63, 3.8) is 0 Å². The number of hydrogen-bond acceptors (Lipinski definition) is 6. The molecular formula is C28H38O6. The highest BCUT2D eigenvalue weighted by atomic mass is 16.6. The maximum absolute atomic E-state index is 12.1. The molecular weight excluding hydrogens is 432 g/mol. The summed E-state index contributed by atoms with van der Waals surface area (Å²) < 4.78 is 10.4. The second-order valence-electron chi connectivity index (χ2n) is 8.63. The minimum atomic E-state index is -0.406. The number of phenolic OH excluding ortho intramolecular Hbond substituents is 2. The van der Waals surface area contributed by atoms with E-state index in [9.17, 15) is 19.8 Å². The van der Waals surface area contributed by atoms with Crippen molar-refractivity contribution in [2.45, 2.75) is 78.1 Å². The third-order valence-electron chi connectivity index (χ3n) is 5.69. The highest BCUT2D eigenvalue weighted by molar-refractivity contribution is 5.73. The minimum absolute atomic E-state index is 0.0101. The summed E-state index contributed by atoms with van der Waals surface area (Å²) in [7, 11) is 0. The molecule has 0 aliphatic carbocycles. The van der Waals surface area contributed by atoms with Crippen molar-refractivity contribution in [2.24, 2.45) is 0 Å². The fourth-order valence-electron chi connectivity index (χ4n) is 3.78. The number of carbonyl (C=O) groups is 2. The van der Waals surface area contributed by atoms with E-state index >= 15 is 0 Å². The van der Waals surface area contributed by atoms with Crippen molar-refractivity contribution in [1.82, 2.24) is 0 Å². The average Bonchev–Trinajstić information content (AvgIpc) is 2.81. The molecule has 0 aliphatic rings. The van der Waals surface area contributed by atoms with Crippen molar-refractivity contribution < 1.29 is 29.3 Å². The fraction of sp³-hybridized carbons (Fsp3) is 0.500. The summed E-state index contributed by atoms with van der Waals surface area (Å²) in [4.78, 5) is 24.3. The van der Waals surface area contributed by atoms with Crippen LogP contribution >= 0.6 is 0 Å². The van der Waals surface area contributed by atoms with Crippen LogP contribution in [0.25, 0.3) is 0 Å². The monoisotopic (exact) mass is 470 g/mol. The minimum Gasteiger partial charge on any atom is -0.508 e. The van der Waals surface area contributed by atoms with Crippen molar-refractivity contribution in [1.29, 1.82) is 0 Å². The molecule has 0 aliphatic heterocycles. The molecule has 0 fully saturated rings. The number of hydrogen-bond donors (Lipinski definition) is 2. The number of aryl methyl sites for hydroxylation is 2. The lowest BCUT2D eigenvalue weighted by atomic mass is 10.0. The zero-order valence-electron chi connectivity index (χ0n) is 20.5.